The maximum Gasteiger partial charge on any atom is 0.0893 e. The van der Waals surface area contributed by atoms with Crippen molar-refractivity contribution in [2.45, 2.75) is 13.8 Å². The monoisotopic (exact) mass is 336 g/mol. The van der Waals surface area contributed by atoms with Crippen molar-refractivity contribution in [1.82, 2.24) is 9.97 Å². The van der Waals surface area contributed by atoms with Gasteiger partial charge in [-0.05, 0) is 54.8 Å². The van der Waals surface area contributed by atoms with Crippen molar-refractivity contribution >= 4 is 0 Å². The molecular weight excluding hydrogens is 316 g/mol. The molecule has 0 saturated heterocycles. The zero-order valence-corrected chi connectivity index (χ0v) is 15.0. The van der Waals surface area contributed by atoms with E-state index >= 15 is 0 Å². The fraction of sp³-hybridized carbons (Fsp3) is 0.0833. The molecule has 2 nitrogen and oxygen atoms in total. The van der Waals surface area contributed by atoms with Crippen LogP contribution in [0.15, 0.2) is 84.9 Å². The zero-order valence-electron chi connectivity index (χ0n) is 15.0. The summed E-state index contributed by atoms with van der Waals surface area (Å²) < 4.78 is 0. The Morgan fingerprint density at radius 3 is 1.77 bits per heavy atom. The first-order chi connectivity index (χ1) is 12.7. The van der Waals surface area contributed by atoms with Gasteiger partial charge in [0, 0.05) is 11.3 Å². The molecule has 0 spiro atoms. The van der Waals surface area contributed by atoms with E-state index in [1.54, 1.807) is 0 Å². The van der Waals surface area contributed by atoms with Crippen LogP contribution in [0.1, 0.15) is 11.3 Å². The summed E-state index contributed by atoms with van der Waals surface area (Å²) in [6.07, 6.45) is 0. The maximum atomic E-state index is 4.91. The molecule has 0 saturated carbocycles. The molecule has 2 aromatic carbocycles. The molecule has 2 heterocycles. The minimum Gasteiger partial charge on any atom is -0.251 e. The van der Waals surface area contributed by atoms with Gasteiger partial charge >= 0.3 is 0 Å². The second-order valence-corrected chi connectivity index (χ2v) is 6.43. The first-order valence-electron chi connectivity index (χ1n) is 8.79. The first kappa shape index (κ1) is 16.2. The Labute approximate surface area is 154 Å². The van der Waals surface area contributed by atoms with Crippen LogP contribution < -0.4 is 0 Å². The summed E-state index contributed by atoms with van der Waals surface area (Å²) in [5.74, 6) is 0. The molecule has 0 aliphatic carbocycles. The van der Waals surface area contributed by atoms with Crippen molar-refractivity contribution in [2.24, 2.45) is 0 Å². The SMILES string of the molecule is Cc1cccc(-c2cccc(-c3ccccc3-c3ccccc3C)n2)n1. The van der Waals surface area contributed by atoms with Crippen molar-refractivity contribution in [3.05, 3.63) is 96.2 Å². The van der Waals surface area contributed by atoms with Gasteiger partial charge in [-0.2, -0.15) is 0 Å². The van der Waals surface area contributed by atoms with Crippen molar-refractivity contribution in [1.29, 1.82) is 0 Å². The molecular formula is C24H20N2. The first-order valence-corrected chi connectivity index (χ1v) is 8.79. The van der Waals surface area contributed by atoms with Crippen LogP contribution in [0.2, 0.25) is 0 Å². The molecule has 4 aromatic rings. The number of aromatic nitrogens is 2. The third-order valence-corrected chi connectivity index (χ3v) is 4.54. The average Bonchev–Trinajstić information content (AvgIpc) is 2.69. The van der Waals surface area contributed by atoms with Crippen LogP contribution in [-0.2, 0) is 0 Å². The highest BCUT2D eigenvalue weighted by atomic mass is 14.8. The molecule has 0 aliphatic heterocycles. The Morgan fingerprint density at radius 2 is 1.04 bits per heavy atom. The second-order valence-electron chi connectivity index (χ2n) is 6.43. The predicted octanol–water partition coefficient (Wildman–Crippen LogP) is 6.09. The summed E-state index contributed by atoms with van der Waals surface area (Å²) in [6.45, 7) is 4.15. The number of hydrogen-bond acceptors (Lipinski definition) is 2. The average molecular weight is 336 g/mol. The third kappa shape index (κ3) is 3.14. The summed E-state index contributed by atoms with van der Waals surface area (Å²) in [4.78, 5) is 9.52. The molecule has 126 valence electrons. The zero-order chi connectivity index (χ0) is 17.9. The van der Waals surface area contributed by atoms with Gasteiger partial charge in [0.05, 0.1) is 17.1 Å². The smallest absolute Gasteiger partial charge is 0.0893 e. The van der Waals surface area contributed by atoms with E-state index in [1.165, 1.54) is 16.7 Å². The standard InChI is InChI=1S/C24H20N2/c1-17-9-3-4-11-19(17)20-12-5-6-13-21(20)22-14-8-16-24(26-22)23-15-7-10-18(2)25-23/h3-16H,1-2H3. The number of pyridine rings is 2. The third-order valence-electron chi connectivity index (χ3n) is 4.54. The topological polar surface area (TPSA) is 25.8 Å². The Balaban J connectivity index is 1.85. The number of hydrogen-bond donors (Lipinski definition) is 0. The molecule has 0 N–H and O–H groups in total. The lowest BCUT2D eigenvalue weighted by Crippen LogP contribution is -1.93. The lowest BCUT2D eigenvalue weighted by molar-refractivity contribution is 1.18. The van der Waals surface area contributed by atoms with Gasteiger partial charge in [0.25, 0.3) is 0 Å². The van der Waals surface area contributed by atoms with E-state index < -0.39 is 0 Å². The highest BCUT2D eigenvalue weighted by Crippen LogP contribution is 2.33. The quantitative estimate of drug-likeness (QED) is 0.452. The van der Waals surface area contributed by atoms with Crippen molar-refractivity contribution < 1.29 is 0 Å². The molecule has 2 heteroatoms. The lowest BCUT2D eigenvalue weighted by atomic mass is 9.94. The summed E-state index contributed by atoms with van der Waals surface area (Å²) >= 11 is 0. The minimum atomic E-state index is 0.894. The number of aryl methyl sites for hydroxylation is 2. The molecule has 4 rings (SSSR count). The van der Waals surface area contributed by atoms with Gasteiger partial charge in [0.1, 0.15) is 0 Å². The van der Waals surface area contributed by atoms with Crippen LogP contribution in [0.3, 0.4) is 0 Å². The Kier molecular flexibility index (Phi) is 4.32. The maximum absolute atomic E-state index is 4.91. The summed E-state index contributed by atoms with van der Waals surface area (Å²) in [6, 6.07) is 29.1. The van der Waals surface area contributed by atoms with Crippen LogP contribution in [0.25, 0.3) is 33.8 Å². The highest BCUT2D eigenvalue weighted by molar-refractivity contribution is 5.83. The Morgan fingerprint density at radius 1 is 0.462 bits per heavy atom. The van der Waals surface area contributed by atoms with E-state index in [0.717, 1.165) is 28.3 Å². The number of benzene rings is 2. The van der Waals surface area contributed by atoms with E-state index in [9.17, 15) is 0 Å². The minimum absolute atomic E-state index is 0.894. The van der Waals surface area contributed by atoms with E-state index in [4.69, 9.17) is 4.98 Å². The van der Waals surface area contributed by atoms with Gasteiger partial charge in [-0.25, -0.2) is 4.98 Å². The molecule has 0 unspecified atom stereocenters. The van der Waals surface area contributed by atoms with Gasteiger partial charge in [-0.1, -0.05) is 60.7 Å². The van der Waals surface area contributed by atoms with Gasteiger partial charge in [-0.15, -0.1) is 0 Å². The second kappa shape index (κ2) is 6.93. The van der Waals surface area contributed by atoms with Gasteiger partial charge in [-0.3, -0.25) is 4.98 Å². The fourth-order valence-corrected chi connectivity index (χ4v) is 3.23. The van der Waals surface area contributed by atoms with Crippen LogP contribution in [0, 0.1) is 13.8 Å². The fourth-order valence-electron chi connectivity index (χ4n) is 3.23. The molecule has 0 radical (unpaired) electrons. The summed E-state index contributed by atoms with van der Waals surface area (Å²) in [7, 11) is 0. The Hall–Kier alpha value is -3.26. The Bertz CT molecular complexity index is 1070. The largest absolute Gasteiger partial charge is 0.251 e. The predicted molar refractivity (Wildman–Crippen MR) is 108 cm³/mol. The number of rotatable bonds is 3. The molecule has 26 heavy (non-hydrogen) atoms. The molecule has 0 bridgehead atoms. The highest BCUT2D eigenvalue weighted by Gasteiger charge is 2.11. The number of nitrogens with zero attached hydrogens (tertiary/aromatic N) is 2. The molecule has 0 amide bonds. The van der Waals surface area contributed by atoms with Crippen molar-refractivity contribution in [3.8, 4) is 33.8 Å². The van der Waals surface area contributed by atoms with Gasteiger partial charge < -0.3 is 0 Å². The molecule has 0 aliphatic rings. The van der Waals surface area contributed by atoms with Crippen LogP contribution in [0.4, 0.5) is 0 Å². The van der Waals surface area contributed by atoms with E-state index in [1.807, 2.05) is 31.2 Å². The summed E-state index contributed by atoms with van der Waals surface area (Å²) in [5, 5.41) is 0. The lowest BCUT2D eigenvalue weighted by Gasteiger charge is -2.12. The normalized spacial score (nSPS) is 10.7. The van der Waals surface area contributed by atoms with E-state index in [0.29, 0.717) is 0 Å². The molecule has 0 atom stereocenters. The summed E-state index contributed by atoms with van der Waals surface area (Å²) in [5.41, 5.74) is 8.59. The molecule has 0 fully saturated rings. The van der Waals surface area contributed by atoms with Gasteiger partial charge in [0.2, 0.25) is 0 Å². The van der Waals surface area contributed by atoms with Crippen LogP contribution in [0.5, 0.6) is 0 Å². The van der Waals surface area contributed by atoms with E-state index in [2.05, 4.69) is 72.6 Å². The van der Waals surface area contributed by atoms with Crippen LogP contribution in [-0.4, -0.2) is 9.97 Å². The van der Waals surface area contributed by atoms with Crippen molar-refractivity contribution in [2.75, 3.05) is 0 Å². The van der Waals surface area contributed by atoms with Gasteiger partial charge in [0.15, 0.2) is 0 Å². The van der Waals surface area contributed by atoms with Crippen LogP contribution >= 0.6 is 0 Å². The molecule has 2 aromatic heterocycles. The van der Waals surface area contributed by atoms with E-state index in [-0.39, 0.29) is 0 Å². The van der Waals surface area contributed by atoms with Crippen molar-refractivity contribution in [3.63, 3.8) is 0 Å².